The molecule has 0 saturated carbocycles. The molecule has 0 fully saturated rings. The van der Waals surface area contributed by atoms with E-state index >= 15 is 0 Å². The lowest BCUT2D eigenvalue weighted by Gasteiger charge is -2.11. The highest BCUT2D eigenvalue weighted by atomic mass is 32.1. The average molecular weight is 261 g/mol. The van der Waals surface area contributed by atoms with Crippen LogP contribution < -0.4 is 10.2 Å². The summed E-state index contributed by atoms with van der Waals surface area (Å²) in [7, 11) is 4.05. The molecule has 1 heterocycles. The highest BCUT2D eigenvalue weighted by Gasteiger charge is 2.14. The van der Waals surface area contributed by atoms with Gasteiger partial charge >= 0.3 is 0 Å². The summed E-state index contributed by atoms with van der Waals surface area (Å²) in [5.74, 6) is 0. The molecule has 0 unspecified atom stereocenters. The minimum Gasteiger partial charge on any atom is -0.351 e. The highest BCUT2D eigenvalue weighted by Crippen LogP contribution is 2.32. The Balaban J connectivity index is 2.41. The van der Waals surface area contributed by atoms with Gasteiger partial charge in [0, 0.05) is 30.6 Å². The van der Waals surface area contributed by atoms with Crippen LogP contribution in [0.1, 0.15) is 11.8 Å². The molecule has 1 N–H and O–H groups in total. The van der Waals surface area contributed by atoms with Crippen LogP contribution in [0.2, 0.25) is 0 Å². The third-order valence-electron chi connectivity index (χ3n) is 2.87. The number of thiazole rings is 1. The van der Waals surface area contributed by atoms with E-state index in [1.807, 2.05) is 13.1 Å². The molecule has 0 aliphatic heterocycles. The van der Waals surface area contributed by atoms with Crippen LogP contribution in [0.15, 0.2) is 30.3 Å². The first-order valence-electron chi connectivity index (χ1n) is 6.17. The molecule has 0 radical (unpaired) electrons. The second-order valence-electron chi connectivity index (χ2n) is 4.18. The molecule has 0 aliphatic carbocycles. The van der Waals surface area contributed by atoms with Gasteiger partial charge in [-0.3, -0.25) is 0 Å². The second kappa shape index (κ2) is 5.98. The van der Waals surface area contributed by atoms with Gasteiger partial charge in [-0.1, -0.05) is 41.7 Å². The fourth-order valence-corrected chi connectivity index (χ4v) is 2.86. The summed E-state index contributed by atoms with van der Waals surface area (Å²) in [4.78, 5) is 8.24. The number of nitrogens with zero attached hydrogens (tertiary/aromatic N) is 2. The normalized spacial score (nSPS) is 10.6. The van der Waals surface area contributed by atoms with Gasteiger partial charge in [0.1, 0.15) is 0 Å². The highest BCUT2D eigenvalue weighted by molar-refractivity contribution is 7.16. The zero-order chi connectivity index (χ0) is 13.0. The van der Waals surface area contributed by atoms with Crippen molar-refractivity contribution in [2.75, 3.05) is 25.5 Å². The van der Waals surface area contributed by atoms with Crippen LogP contribution in [-0.4, -0.2) is 25.6 Å². The first kappa shape index (κ1) is 13.1. The maximum Gasteiger partial charge on any atom is 0.185 e. The van der Waals surface area contributed by atoms with E-state index < -0.39 is 0 Å². The number of anilines is 1. The number of benzene rings is 1. The molecule has 96 valence electrons. The summed E-state index contributed by atoms with van der Waals surface area (Å²) in [6.45, 7) is 3.97. The smallest absolute Gasteiger partial charge is 0.185 e. The molecule has 3 nitrogen and oxygen atoms in total. The molecular weight excluding hydrogens is 242 g/mol. The van der Waals surface area contributed by atoms with Gasteiger partial charge < -0.3 is 10.2 Å². The standard InChI is InChI=1S/C14H19N3S/c1-4-17(3)14-16-13(12(18-14)10-15-2)11-8-6-5-7-9-11/h5-9,15H,4,10H2,1-3H3. The van der Waals surface area contributed by atoms with E-state index in [1.165, 1.54) is 10.4 Å². The molecule has 0 spiro atoms. The minimum absolute atomic E-state index is 0.861. The van der Waals surface area contributed by atoms with Crippen LogP contribution in [0.25, 0.3) is 11.3 Å². The molecule has 0 aliphatic rings. The number of nitrogens with one attached hydrogen (secondary N) is 1. The van der Waals surface area contributed by atoms with Gasteiger partial charge in [-0.05, 0) is 14.0 Å². The van der Waals surface area contributed by atoms with Crippen LogP contribution >= 0.6 is 11.3 Å². The summed E-state index contributed by atoms with van der Waals surface area (Å²) in [5.41, 5.74) is 2.29. The van der Waals surface area contributed by atoms with Gasteiger partial charge in [0.25, 0.3) is 0 Å². The Labute approximate surface area is 112 Å². The first-order chi connectivity index (χ1) is 8.76. The average Bonchev–Trinajstić information content (AvgIpc) is 2.83. The van der Waals surface area contributed by atoms with Crippen LogP contribution in [0.3, 0.4) is 0 Å². The Morgan fingerprint density at radius 1 is 1.28 bits per heavy atom. The largest absolute Gasteiger partial charge is 0.351 e. The van der Waals surface area contributed by atoms with Crippen molar-refractivity contribution in [3.63, 3.8) is 0 Å². The summed E-state index contributed by atoms with van der Waals surface area (Å²) in [5, 5.41) is 4.30. The topological polar surface area (TPSA) is 28.2 Å². The zero-order valence-electron chi connectivity index (χ0n) is 11.1. The monoisotopic (exact) mass is 261 g/mol. The minimum atomic E-state index is 0.861. The SMILES string of the molecule is CCN(C)c1nc(-c2ccccc2)c(CNC)s1. The van der Waals surface area contributed by atoms with E-state index in [1.54, 1.807) is 11.3 Å². The van der Waals surface area contributed by atoms with Crippen LogP contribution in [0.4, 0.5) is 5.13 Å². The van der Waals surface area contributed by atoms with Crippen LogP contribution in [0.5, 0.6) is 0 Å². The summed E-state index contributed by atoms with van der Waals surface area (Å²) < 4.78 is 0. The fraction of sp³-hybridized carbons (Fsp3) is 0.357. The zero-order valence-corrected chi connectivity index (χ0v) is 11.9. The lowest BCUT2D eigenvalue weighted by molar-refractivity contribution is 0.831. The summed E-state index contributed by atoms with van der Waals surface area (Å²) in [6.07, 6.45) is 0. The van der Waals surface area contributed by atoms with Gasteiger partial charge in [-0.2, -0.15) is 0 Å². The Morgan fingerprint density at radius 2 is 2.00 bits per heavy atom. The van der Waals surface area contributed by atoms with E-state index in [2.05, 4.69) is 48.5 Å². The van der Waals surface area contributed by atoms with Crippen molar-refractivity contribution in [1.82, 2.24) is 10.3 Å². The van der Waals surface area contributed by atoms with Crippen molar-refractivity contribution in [3.8, 4) is 11.3 Å². The molecular formula is C14H19N3S. The third kappa shape index (κ3) is 2.71. The second-order valence-corrected chi connectivity index (χ2v) is 5.24. The molecule has 0 atom stereocenters. The Morgan fingerprint density at radius 3 is 2.61 bits per heavy atom. The van der Waals surface area contributed by atoms with Gasteiger partial charge in [0.15, 0.2) is 5.13 Å². The molecule has 0 amide bonds. The van der Waals surface area contributed by atoms with E-state index in [-0.39, 0.29) is 0 Å². The van der Waals surface area contributed by atoms with Crippen LogP contribution in [0, 0.1) is 0 Å². The maximum absolute atomic E-state index is 4.77. The lowest BCUT2D eigenvalue weighted by atomic mass is 10.1. The number of hydrogen-bond acceptors (Lipinski definition) is 4. The molecule has 2 rings (SSSR count). The molecule has 1 aromatic carbocycles. The van der Waals surface area contributed by atoms with Gasteiger partial charge in [-0.15, -0.1) is 0 Å². The third-order valence-corrected chi connectivity index (χ3v) is 4.04. The Bertz CT molecular complexity index is 493. The van der Waals surface area contributed by atoms with E-state index in [0.717, 1.165) is 23.9 Å². The molecule has 1 aromatic heterocycles. The van der Waals surface area contributed by atoms with Crippen molar-refractivity contribution in [1.29, 1.82) is 0 Å². The van der Waals surface area contributed by atoms with Crippen molar-refractivity contribution < 1.29 is 0 Å². The number of rotatable bonds is 5. The maximum atomic E-state index is 4.77. The fourth-order valence-electron chi connectivity index (χ4n) is 1.74. The van der Waals surface area contributed by atoms with E-state index in [4.69, 9.17) is 4.98 Å². The predicted molar refractivity (Wildman–Crippen MR) is 79.3 cm³/mol. The molecule has 0 bridgehead atoms. The number of hydrogen-bond donors (Lipinski definition) is 1. The quantitative estimate of drug-likeness (QED) is 0.897. The lowest BCUT2D eigenvalue weighted by Crippen LogP contribution is -2.15. The first-order valence-corrected chi connectivity index (χ1v) is 6.98. The van der Waals surface area contributed by atoms with Crippen molar-refractivity contribution in [2.24, 2.45) is 0 Å². The van der Waals surface area contributed by atoms with Gasteiger partial charge in [-0.25, -0.2) is 4.98 Å². The molecule has 4 heteroatoms. The number of aromatic nitrogens is 1. The summed E-state index contributed by atoms with van der Waals surface area (Å²) in [6, 6.07) is 10.4. The predicted octanol–water partition coefficient (Wildman–Crippen LogP) is 2.99. The van der Waals surface area contributed by atoms with Crippen molar-refractivity contribution in [2.45, 2.75) is 13.5 Å². The van der Waals surface area contributed by atoms with Gasteiger partial charge in [0.2, 0.25) is 0 Å². The van der Waals surface area contributed by atoms with Crippen molar-refractivity contribution >= 4 is 16.5 Å². The molecule has 0 saturated heterocycles. The molecule has 2 aromatic rings. The van der Waals surface area contributed by atoms with Gasteiger partial charge in [0.05, 0.1) is 5.69 Å². The van der Waals surface area contributed by atoms with Crippen LogP contribution in [-0.2, 0) is 6.54 Å². The summed E-state index contributed by atoms with van der Waals surface area (Å²) >= 11 is 1.76. The Hall–Kier alpha value is -1.39. The van der Waals surface area contributed by atoms with Crippen molar-refractivity contribution in [3.05, 3.63) is 35.2 Å². The van der Waals surface area contributed by atoms with E-state index in [0.29, 0.717) is 0 Å². The Kier molecular flexibility index (Phi) is 4.33. The molecule has 18 heavy (non-hydrogen) atoms. The van der Waals surface area contributed by atoms with E-state index in [9.17, 15) is 0 Å².